The fourth-order valence-electron chi connectivity index (χ4n) is 2.07. The molecule has 15 heavy (non-hydrogen) atoms. The van der Waals surface area contributed by atoms with Gasteiger partial charge in [0.2, 0.25) is 0 Å². The highest BCUT2D eigenvalue weighted by Gasteiger charge is 2.10. The van der Waals surface area contributed by atoms with Crippen molar-refractivity contribution in [2.75, 3.05) is 5.75 Å². The second-order valence-corrected chi connectivity index (χ2v) is 5.96. The molecule has 0 aliphatic carbocycles. The van der Waals surface area contributed by atoms with Gasteiger partial charge in [0.1, 0.15) is 0 Å². The second kappa shape index (κ2) is 3.84. The summed E-state index contributed by atoms with van der Waals surface area (Å²) in [6.07, 6.45) is 2.56. The highest BCUT2D eigenvalue weighted by molar-refractivity contribution is 9.10. The molecule has 0 bridgehead atoms. The van der Waals surface area contributed by atoms with Gasteiger partial charge in [-0.1, -0.05) is 28.1 Å². The van der Waals surface area contributed by atoms with Crippen molar-refractivity contribution in [2.24, 2.45) is 0 Å². The van der Waals surface area contributed by atoms with E-state index in [2.05, 4.69) is 46.3 Å². The van der Waals surface area contributed by atoms with Gasteiger partial charge in [0.15, 0.2) is 0 Å². The minimum Gasteiger partial charge on any atom is -0.126 e. The predicted molar refractivity (Wildman–Crippen MR) is 70.7 cm³/mol. The summed E-state index contributed by atoms with van der Waals surface area (Å²) in [5.41, 5.74) is 1.52. The molecule has 1 aliphatic heterocycles. The Morgan fingerprint density at radius 3 is 2.93 bits per heavy atom. The summed E-state index contributed by atoms with van der Waals surface area (Å²) < 4.78 is 1.17. The summed E-state index contributed by atoms with van der Waals surface area (Å²) in [5, 5.41) is 2.71. The van der Waals surface area contributed by atoms with E-state index >= 15 is 0 Å². The molecule has 0 saturated carbocycles. The third-order valence-corrected chi connectivity index (χ3v) is 4.51. The van der Waals surface area contributed by atoms with E-state index < -0.39 is 0 Å². The Labute approximate surface area is 102 Å². The molecule has 0 atom stereocenters. The monoisotopic (exact) mass is 278 g/mol. The van der Waals surface area contributed by atoms with Crippen molar-refractivity contribution in [1.29, 1.82) is 0 Å². The molecule has 1 aliphatic rings. The summed E-state index contributed by atoms with van der Waals surface area (Å²) in [7, 11) is 0. The van der Waals surface area contributed by atoms with Gasteiger partial charge in [-0.05, 0) is 53.1 Å². The van der Waals surface area contributed by atoms with Gasteiger partial charge in [0.05, 0.1) is 0 Å². The van der Waals surface area contributed by atoms with E-state index in [0.29, 0.717) is 0 Å². The molecule has 76 valence electrons. The van der Waals surface area contributed by atoms with Crippen LogP contribution in [0.3, 0.4) is 0 Å². The van der Waals surface area contributed by atoms with E-state index in [0.717, 1.165) is 0 Å². The second-order valence-electron chi connectivity index (χ2n) is 3.90. The Bertz CT molecular complexity index is 519. The molecule has 0 fully saturated rings. The summed E-state index contributed by atoms with van der Waals surface area (Å²) in [4.78, 5) is 1.48. The van der Waals surface area contributed by atoms with Crippen LogP contribution >= 0.6 is 27.7 Å². The van der Waals surface area contributed by atoms with E-state index in [9.17, 15) is 0 Å². The maximum Gasteiger partial charge on any atom is 0.0181 e. The number of aryl methyl sites for hydroxylation is 1. The average molecular weight is 279 g/mol. The Morgan fingerprint density at radius 1 is 1.07 bits per heavy atom. The zero-order chi connectivity index (χ0) is 10.3. The van der Waals surface area contributed by atoms with Crippen LogP contribution in [0, 0.1) is 0 Å². The molecule has 0 nitrogen and oxygen atoms in total. The van der Waals surface area contributed by atoms with Gasteiger partial charge in [-0.2, -0.15) is 0 Å². The summed E-state index contributed by atoms with van der Waals surface area (Å²) in [6.45, 7) is 0. The maximum absolute atomic E-state index is 3.52. The van der Waals surface area contributed by atoms with Gasteiger partial charge in [-0.3, -0.25) is 0 Å². The first kappa shape index (κ1) is 9.73. The van der Waals surface area contributed by atoms with Gasteiger partial charge in [-0.15, -0.1) is 11.8 Å². The third-order valence-electron chi connectivity index (χ3n) is 2.83. The zero-order valence-electron chi connectivity index (χ0n) is 8.29. The fourth-order valence-corrected chi connectivity index (χ4v) is 3.51. The predicted octanol–water partition coefficient (Wildman–Crippen LogP) is 4.64. The lowest BCUT2D eigenvalue weighted by Gasteiger charge is -2.16. The molecule has 2 heteroatoms. The molecule has 0 unspecified atom stereocenters. The van der Waals surface area contributed by atoms with Crippen molar-refractivity contribution in [2.45, 2.75) is 17.7 Å². The normalized spacial score (nSPS) is 15.3. The highest BCUT2D eigenvalue weighted by atomic mass is 79.9. The molecule has 1 heterocycles. The molecule has 0 spiro atoms. The molecule has 0 radical (unpaired) electrons. The molecular formula is C13H11BrS. The fraction of sp³-hybridized carbons (Fsp3) is 0.231. The Kier molecular flexibility index (Phi) is 2.49. The minimum absolute atomic E-state index is 1.17. The molecule has 0 aromatic heterocycles. The van der Waals surface area contributed by atoms with Gasteiger partial charge in [0, 0.05) is 9.37 Å². The molecule has 0 amide bonds. The molecule has 2 aromatic rings. The number of fused-ring (bicyclic) bond motifs is 2. The summed E-state index contributed by atoms with van der Waals surface area (Å²) in [5.74, 6) is 1.27. The number of benzene rings is 2. The number of rotatable bonds is 0. The van der Waals surface area contributed by atoms with E-state index in [4.69, 9.17) is 0 Å². The number of hydrogen-bond donors (Lipinski definition) is 0. The van der Waals surface area contributed by atoms with Gasteiger partial charge in [-0.25, -0.2) is 0 Å². The van der Waals surface area contributed by atoms with Crippen LogP contribution in [0.2, 0.25) is 0 Å². The maximum atomic E-state index is 3.52. The topological polar surface area (TPSA) is 0 Å². The van der Waals surface area contributed by atoms with Crippen LogP contribution in [0.15, 0.2) is 39.7 Å². The lowest BCUT2D eigenvalue weighted by molar-refractivity contribution is 0.893. The smallest absolute Gasteiger partial charge is 0.0181 e. The van der Waals surface area contributed by atoms with Crippen LogP contribution in [0.1, 0.15) is 12.0 Å². The SMILES string of the molecule is Brc1ccc2cc3c(cc2c1)CCCS3. The number of thioether (sulfide) groups is 1. The Hall–Kier alpha value is -0.470. The summed E-state index contributed by atoms with van der Waals surface area (Å²) >= 11 is 5.52. The molecule has 3 rings (SSSR count). The largest absolute Gasteiger partial charge is 0.126 e. The van der Waals surface area contributed by atoms with Crippen LogP contribution in [0.25, 0.3) is 10.8 Å². The van der Waals surface area contributed by atoms with Crippen molar-refractivity contribution in [1.82, 2.24) is 0 Å². The van der Waals surface area contributed by atoms with E-state index in [-0.39, 0.29) is 0 Å². The van der Waals surface area contributed by atoms with E-state index in [1.54, 1.807) is 0 Å². The Morgan fingerprint density at radius 2 is 2.00 bits per heavy atom. The van der Waals surface area contributed by atoms with Crippen molar-refractivity contribution in [3.63, 3.8) is 0 Å². The average Bonchev–Trinajstić information content (AvgIpc) is 2.26. The van der Waals surface area contributed by atoms with Crippen molar-refractivity contribution in [3.05, 3.63) is 40.4 Å². The lowest BCUT2D eigenvalue weighted by Crippen LogP contribution is -1.97. The van der Waals surface area contributed by atoms with Crippen LogP contribution in [0.5, 0.6) is 0 Å². The number of hydrogen-bond acceptors (Lipinski definition) is 1. The van der Waals surface area contributed by atoms with Crippen LogP contribution < -0.4 is 0 Å². The van der Waals surface area contributed by atoms with Crippen molar-refractivity contribution < 1.29 is 0 Å². The summed E-state index contributed by atoms with van der Waals surface area (Å²) in [6, 6.07) is 11.2. The third kappa shape index (κ3) is 1.81. The molecule has 0 N–H and O–H groups in total. The van der Waals surface area contributed by atoms with Crippen molar-refractivity contribution >= 4 is 38.5 Å². The molecular weight excluding hydrogens is 268 g/mol. The first-order valence-corrected chi connectivity index (χ1v) is 6.96. The Balaban J connectivity index is 2.26. The van der Waals surface area contributed by atoms with Gasteiger partial charge in [0.25, 0.3) is 0 Å². The van der Waals surface area contributed by atoms with Crippen molar-refractivity contribution in [3.8, 4) is 0 Å². The first-order valence-electron chi connectivity index (χ1n) is 5.18. The number of halogens is 1. The first-order chi connectivity index (χ1) is 7.33. The van der Waals surface area contributed by atoms with Crippen LogP contribution in [-0.4, -0.2) is 5.75 Å². The highest BCUT2D eigenvalue weighted by Crippen LogP contribution is 2.34. The van der Waals surface area contributed by atoms with Gasteiger partial charge >= 0.3 is 0 Å². The van der Waals surface area contributed by atoms with Gasteiger partial charge < -0.3 is 0 Å². The lowest BCUT2D eigenvalue weighted by atomic mass is 10.0. The van der Waals surface area contributed by atoms with Crippen LogP contribution in [0.4, 0.5) is 0 Å². The minimum atomic E-state index is 1.17. The standard InChI is InChI=1S/C13H11BrS/c14-12-4-3-9-8-13-10(2-1-5-15-13)6-11(9)7-12/h3-4,6-8H,1-2,5H2. The zero-order valence-corrected chi connectivity index (χ0v) is 10.7. The van der Waals surface area contributed by atoms with E-state index in [1.165, 1.54) is 44.3 Å². The van der Waals surface area contributed by atoms with E-state index in [1.807, 2.05) is 11.8 Å². The van der Waals surface area contributed by atoms with Crippen LogP contribution in [-0.2, 0) is 6.42 Å². The molecule has 0 saturated heterocycles. The molecule has 2 aromatic carbocycles. The quantitative estimate of drug-likeness (QED) is 0.677.